The van der Waals surface area contributed by atoms with Crippen LogP contribution in [0.25, 0.3) is 11.0 Å². The minimum absolute atomic E-state index is 0.0323. The average molecular weight is 290 g/mol. The summed E-state index contributed by atoms with van der Waals surface area (Å²) in [6.07, 6.45) is 0.879. The van der Waals surface area contributed by atoms with Gasteiger partial charge in [0.1, 0.15) is 11.6 Å². The molecule has 0 radical (unpaired) electrons. The number of benzene rings is 1. The second kappa shape index (κ2) is 6.91. The van der Waals surface area contributed by atoms with Crippen molar-refractivity contribution in [3.8, 4) is 5.75 Å². The minimum atomic E-state index is -0.0323. The SMILES string of the molecule is CCOc1ccc2c(c1)nc(C(N)CC)n2CCN(C)C. The van der Waals surface area contributed by atoms with Gasteiger partial charge in [-0.15, -0.1) is 0 Å². The van der Waals surface area contributed by atoms with Crippen LogP contribution in [0, 0.1) is 0 Å². The molecule has 0 aliphatic carbocycles. The highest BCUT2D eigenvalue weighted by atomic mass is 16.5. The summed E-state index contributed by atoms with van der Waals surface area (Å²) in [6.45, 7) is 6.58. The van der Waals surface area contributed by atoms with E-state index in [0.29, 0.717) is 6.61 Å². The maximum Gasteiger partial charge on any atom is 0.126 e. The Labute approximate surface area is 126 Å². The van der Waals surface area contributed by atoms with Gasteiger partial charge in [0.15, 0.2) is 0 Å². The van der Waals surface area contributed by atoms with Crippen molar-refractivity contribution in [2.75, 3.05) is 27.2 Å². The quantitative estimate of drug-likeness (QED) is 0.851. The lowest BCUT2D eigenvalue weighted by molar-refractivity contribution is 0.340. The highest BCUT2D eigenvalue weighted by Gasteiger charge is 2.16. The van der Waals surface area contributed by atoms with E-state index in [2.05, 4.69) is 36.6 Å². The van der Waals surface area contributed by atoms with Crippen LogP contribution in [-0.2, 0) is 6.54 Å². The predicted octanol–water partition coefficient (Wildman–Crippen LogP) is 2.41. The molecule has 5 heteroatoms. The lowest BCUT2D eigenvalue weighted by atomic mass is 10.2. The molecule has 2 N–H and O–H groups in total. The minimum Gasteiger partial charge on any atom is -0.494 e. The number of likely N-dealkylation sites (N-methyl/N-ethyl adjacent to an activating group) is 1. The molecule has 0 bridgehead atoms. The number of fused-ring (bicyclic) bond motifs is 1. The zero-order valence-electron chi connectivity index (χ0n) is 13.5. The highest BCUT2D eigenvalue weighted by Crippen LogP contribution is 2.25. The Morgan fingerprint density at radius 2 is 2.10 bits per heavy atom. The van der Waals surface area contributed by atoms with E-state index in [4.69, 9.17) is 15.5 Å². The zero-order valence-corrected chi connectivity index (χ0v) is 13.5. The molecule has 5 nitrogen and oxygen atoms in total. The molecule has 1 heterocycles. The summed E-state index contributed by atoms with van der Waals surface area (Å²) in [7, 11) is 4.15. The van der Waals surface area contributed by atoms with Crippen molar-refractivity contribution >= 4 is 11.0 Å². The summed E-state index contributed by atoms with van der Waals surface area (Å²) in [6, 6.07) is 6.04. The smallest absolute Gasteiger partial charge is 0.126 e. The summed E-state index contributed by atoms with van der Waals surface area (Å²) in [5.41, 5.74) is 8.32. The van der Waals surface area contributed by atoms with Gasteiger partial charge in [-0.25, -0.2) is 4.98 Å². The highest BCUT2D eigenvalue weighted by molar-refractivity contribution is 5.78. The fourth-order valence-electron chi connectivity index (χ4n) is 2.39. The number of nitrogens with two attached hydrogens (primary N) is 1. The molecular formula is C16H26N4O. The predicted molar refractivity (Wildman–Crippen MR) is 86.7 cm³/mol. The molecule has 1 aromatic carbocycles. The molecule has 2 rings (SSSR count). The Bertz CT molecular complexity index is 591. The van der Waals surface area contributed by atoms with Crippen molar-refractivity contribution in [1.82, 2.24) is 14.5 Å². The lowest BCUT2D eigenvalue weighted by Crippen LogP contribution is -2.22. The van der Waals surface area contributed by atoms with Crippen LogP contribution in [0.3, 0.4) is 0 Å². The number of rotatable bonds is 7. The molecule has 1 atom stereocenters. The number of hydrogen-bond acceptors (Lipinski definition) is 4. The maximum absolute atomic E-state index is 6.23. The molecule has 21 heavy (non-hydrogen) atoms. The Morgan fingerprint density at radius 1 is 1.33 bits per heavy atom. The van der Waals surface area contributed by atoms with Crippen molar-refractivity contribution < 1.29 is 4.74 Å². The molecule has 0 saturated heterocycles. The van der Waals surface area contributed by atoms with E-state index >= 15 is 0 Å². The third kappa shape index (κ3) is 3.54. The van der Waals surface area contributed by atoms with E-state index in [-0.39, 0.29) is 6.04 Å². The van der Waals surface area contributed by atoms with Crippen molar-refractivity contribution in [3.63, 3.8) is 0 Å². The Kier molecular flexibility index (Phi) is 5.20. The van der Waals surface area contributed by atoms with E-state index in [0.717, 1.165) is 42.1 Å². The van der Waals surface area contributed by atoms with E-state index < -0.39 is 0 Å². The topological polar surface area (TPSA) is 56.3 Å². The largest absolute Gasteiger partial charge is 0.494 e. The van der Waals surface area contributed by atoms with Crippen molar-refractivity contribution in [1.29, 1.82) is 0 Å². The summed E-state index contributed by atoms with van der Waals surface area (Å²) in [5, 5.41) is 0. The van der Waals surface area contributed by atoms with Gasteiger partial charge in [0, 0.05) is 19.2 Å². The molecular weight excluding hydrogens is 264 g/mol. The van der Waals surface area contributed by atoms with Crippen LogP contribution in [0.5, 0.6) is 5.75 Å². The van der Waals surface area contributed by atoms with E-state index in [1.54, 1.807) is 0 Å². The number of imidazole rings is 1. The monoisotopic (exact) mass is 290 g/mol. The molecule has 116 valence electrons. The van der Waals surface area contributed by atoms with Crippen molar-refractivity contribution in [2.24, 2.45) is 5.73 Å². The molecule has 1 unspecified atom stereocenters. The van der Waals surface area contributed by atoms with Crippen LogP contribution < -0.4 is 10.5 Å². The number of aromatic nitrogens is 2. The first-order valence-electron chi connectivity index (χ1n) is 7.60. The fourth-order valence-corrected chi connectivity index (χ4v) is 2.39. The molecule has 0 saturated carbocycles. The summed E-state index contributed by atoms with van der Waals surface area (Å²) >= 11 is 0. The van der Waals surface area contributed by atoms with Crippen LogP contribution in [0.15, 0.2) is 18.2 Å². The van der Waals surface area contributed by atoms with Gasteiger partial charge in [0.25, 0.3) is 0 Å². The number of ether oxygens (including phenoxy) is 1. The summed E-state index contributed by atoms with van der Waals surface area (Å²) in [4.78, 5) is 6.91. The Morgan fingerprint density at radius 3 is 2.71 bits per heavy atom. The molecule has 0 amide bonds. The van der Waals surface area contributed by atoms with E-state index in [9.17, 15) is 0 Å². The second-order valence-electron chi connectivity index (χ2n) is 5.52. The van der Waals surface area contributed by atoms with E-state index in [1.165, 1.54) is 0 Å². The van der Waals surface area contributed by atoms with Gasteiger partial charge in [-0.2, -0.15) is 0 Å². The Hall–Kier alpha value is -1.59. The molecule has 0 fully saturated rings. The normalized spacial score (nSPS) is 13.0. The molecule has 1 aromatic heterocycles. The standard InChI is InChI=1S/C16H26N4O/c1-5-13(17)16-18-14-11-12(21-6-2)7-8-15(14)20(16)10-9-19(3)4/h7-8,11,13H,5-6,9-10,17H2,1-4H3. The van der Waals surface area contributed by atoms with Gasteiger partial charge in [0.2, 0.25) is 0 Å². The first-order chi connectivity index (χ1) is 10.1. The molecule has 0 aliphatic heterocycles. The van der Waals surface area contributed by atoms with Gasteiger partial charge < -0.3 is 19.9 Å². The number of nitrogens with zero attached hydrogens (tertiary/aromatic N) is 3. The van der Waals surface area contributed by atoms with Crippen LogP contribution in [0.2, 0.25) is 0 Å². The van der Waals surface area contributed by atoms with Crippen LogP contribution in [0.1, 0.15) is 32.1 Å². The maximum atomic E-state index is 6.23. The van der Waals surface area contributed by atoms with Gasteiger partial charge in [0.05, 0.1) is 23.7 Å². The van der Waals surface area contributed by atoms with Crippen molar-refractivity contribution in [2.45, 2.75) is 32.9 Å². The average Bonchev–Trinajstić information content (AvgIpc) is 2.82. The van der Waals surface area contributed by atoms with Gasteiger partial charge >= 0.3 is 0 Å². The number of hydrogen-bond donors (Lipinski definition) is 1. The van der Waals surface area contributed by atoms with Crippen LogP contribution in [0.4, 0.5) is 0 Å². The molecule has 0 spiro atoms. The van der Waals surface area contributed by atoms with Crippen LogP contribution in [-0.4, -0.2) is 41.7 Å². The summed E-state index contributed by atoms with van der Waals surface area (Å²) in [5.74, 6) is 1.82. The summed E-state index contributed by atoms with van der Waals surface area (Å²) < 4.78 is 7.79. The first-order valence-corrected chi connectivity index (χ1v) is 7.60. The van der Waals surface area contributed by atoms with E-state index in [1.807, 2.05) is 19.1 Å². The first kappa shape index (κ1) is 15.8. The zero-order chi connectivity index (χ0) is 15.4. The second-order valence-corrected chi connectivity index (χ2v) is 5.52. The van der Waals surface area contributed by atoms with Gasteiger partial charge in [-0.05, 0) is 39.6 Å². The fraction of sp³-hybridized carbons (Fsp3) is 0.562. The lowest BCUT2D eigenvalue weighted by Gasteiger charge is -2.16. The van der Waals surface area contributed by atoms with Gasteiger partial charge in [-0.1, -0.05) is 6.92 Å². The van der Waals surface area contributed by atoms with Crippen LogP contribution >= 0.6 is 0 Å². The van der Waals surface area contributed by atoms with Gasteiger partial charge in [-0.3, -0.25) is 0 Å². The van der Waals surface area contributed by atoms with Crippen molar-refractivity contribution in [3.05, 3.63) is 24.0 Å². The molecule has 0 aliphatic rings. The Balaban J connectivity index is 2.44. The third-order valence-corrected chi connectivity index (χ3v) is 3.60. The third-order valence-electron chi connectivity index (χ3n) is 3.60. The molecule has 2 aromatic rings.